The van der Waals surface area contributed by atoms with Crippen LogP contribution < -0.4 is 9.46 Å². The van der Waals surface area contributed by atoms with Gasteiger partial charge in [-0.3, -0.25) is 0 Å². The van der Waals surface area contributed by atoms with E-state index in [4.69, 9.17) is 4.74 Å². The van der Waals surface area contributed by atoms with Crippen molar-refractivity contribution in [1.29, 1.82) is 0 Å². The molecule has 0 unspecified atom stereocenters. The van der Waals surface area contributed by atoms with Crippen molar-refractivity contribution in [3.63, 3.8) is 0 Å². The molecule has 1 fully saturated rings. The molecule has 0 radical (unpaired) electrons. The van der Waals surface area contributed by atoms with Crippen molar-refractivity contribution in [3.05, 3.63) is 48.2 Å². The Morgan fingerprint density at radius 1 is 1.16 bits per heavy atom. The second-order valence-corrected chi connectivity index (χ2v) is 6.45. The molecule has 0 atom stereocenters. The highest BCUT2D eigenvalue weighted by atomic mass is 32.2. The van der Waals surface area contributed by atoms with Crippen LogP contribution in [0.5, 0.6) is 11.5 Å². The minimum atomic E-state index is -4.13. The molecule has 2 heterocycles. The molecule has 3 rings (SSSR count). The highest BCUT2D eigenvalue weighted by molar-refractivity contribution is 7.90. The number of cyclic esters (lactones) is 1. The van der Waals surface area contributed by atoms with Crippen molar-refractivity contribution in [2.45, 2.75) is 0 Å². The summed E-state index contributed by atoms with van der Waals surface area (Å²) in [7, 11) is -4.13. The Balaban J connectivity index is 1.69. The zero-order valence-electron chi connectivity index (χ0n) is 12.5. The Morgan fingerprint density at radius 3 is 2.52 bits per heavy atom. The van der Waals surface area contributed by atoms with E-state index in [1.165, 1.54) is 24.4 Å². The van der Waals surface area contributed by atoms with Crippen molar-refractivity contribution in [2.24, 2.45) is 0 Å². The number of nitrogens with zero attached hydrogens (tertiary/aromatic N) is 2. The molecule has 1 aliphatic heterocycles. The molecule has 1 aromatic heterocycles. The van der Waals surface area contributed by atoms with E-state index in [0.29, 0.717) is 4.31 Å². The Kier molecular flexibility index (Phi) is 4.40. The van der Waals surface area contributed by atoms with E-state index in [0.717, 1.165) is 12.1 Å². The molecule has 132 valence electrons. The third-order valence-corrected chi connectivity index (χ3v) is 4.49. The zero-order chi connectivity index (χ0) is 18.0. The van der Waals surface area contributed by atoms with Gasteiger partial charge in [-0.15, -0.1) is 0 Å². The monoisotopic (exact) mass is 371 g/mol. The Morgan fingerprint density at radius 2 is 1.92 bits per heavy atom. The summed E-state index contributed by atoms with van der Waals surface area (Å²) in [6.45, 7) is -0.111. The number of aromatic nitrogens is 1. The molecule has 25 heavy (non-hydrogen) atoms. The number of hydrogen-bond acceptors (Lipinski definition) is 6. The second-order valence-electron chi connectivity index (χ2n) is 4.85. The molecule has 2 aromatic rings. The molecule has 1 aliphatic rings. The molecule has 0 bridgehead atoms. The van der Waals surface area contributed by atoms with Crippen LogP contribution in [0.1, 0.15) is 0 Å². The lowest BCUT2D eigenvalue weighted by atomic mass is 10.3. The van der Waals surface area contributed by atoms with Gasteiger partial charge in [-0.05, 0) is 24.3 Å². The maximum absolute atomic E-state index is 13.1. The van der Waals surface area contributed by atoms with Crippen LogP contribution in [0.2, 0.25) is 0 Å². The van der Waals surface area contributed by atoms with E-state index in [-0.39, 0.29) is 30.5 Å². The van der Waals surface area contributed by atoms with Gasteiger partial charge in [0.05, 0.1) is 12.7 Å². The third kappa shape index (κ3) is 3.76. The first-order valence-electron chi connectivity index (χ1n) is 6.91. The van der Waals surface area contributed by atoms with Gasteiger partial charge in [0, 0.05) is 6.07 Å². The van der Waals surface area contributed by atoms with Crippen molar-refractivity contribution < 1.29 is 31.5 Å². The van der Waals surface area contributed by atoms with Gasteiger partial charge in [0.15, 0.2) is 11.6 Å². The van der Waals surface area contributed by atoms with E-state index in [1.807, 2.05) is 0 Å². The second kappa shape index (κ2) is 6.51. The molecule has 11 heteroatoms. The van der Waals surface area contributed by atoms with E-state index < -0.39 is 27.9 Å². The topological polar surface area (TPSA) is 97.8 Å². The maximum atomic E-state index is 13.1. The molecule has 0 saturated carbocycles. The maximum Gasteiger partial charge on any atom is 0.425 e. The standard InChI is InChI=1S/C14H11F2N3O5S/c15-11-3-1-9(7-12(11)16)24-10-2-4-13(17-8-10)18-25(21,22)19-5-6-23-14(19)20/h1-4,7-8H,5-6H2,(H,17,18). The molecular formula is C14H11F2N3O5S. The molecular weight excluding hydrogens is 360 g/mol. The Bertz CT molecular complexity index is 905. The van der Waals surface area contributed by atoms with Crippen LogP contribution in [0.25, 0.3) is 0 Å². The number of benzene rings is 1. The van der Waals surface area contributed by atoms with Crippen molar-refractivity contribution in [3.8, 4) is 11.5 Å². The summed E-state index contributed by atoms with van der Waals surface area (Å²) in [6, 6.07) is 5.66. The summed E-state index contributed by atoms with van der Waals surface area (Å²) < 4.78 is 62.5. The molecule has 1 N–H and O–H groups in total. The average molecular weight is 371 g/mol. The number of anilines is 1. The van der Waals surface area contributed by atoms with E-state index >= 15 is 0 Å². The lowest BCUT2D eigenvalue weighted by molar-refractivity contribution is 0.170. The van der Waals surface area contributed by atoms with E-state index in [1.54, 1.807) is 0 Å². The van der Waals surface area contributed by atoms with Crippen LogP contribution in [-0.4, -0.2) is 37.0 Å². The number of rotatable bonds is 5. The fourth-order valence-electron chi connectivity index (χ4n) is 1.96. The first-order valence-corrected chi connectivity index (χ1v) is 8.35. The number of pyridine rings is 1. The Labute approximate surface area is 141 Å². The zero-order valence-corrected chi connectivity index (χ0v) is 13.3. The average Bonchev–Trinajstić information content (AvgIpc) is 3.00. The third-order valence-electron chi connectivity index (χ3n) is 3.11. The first-order chi connectivity index (χ1) is 11.8. The normalized spacial score (nSPS) is 14.3. The van der Waals surface area contributed by atoms with Gasteiger partial charge in [-0.2, -0.15) is 12.7 Å². The highest BCUT2D eigenvalue weighted by Crippen LogP contribution is 2.23. The van der Waals surface area contributed by atoms with Gasteiger partial charge in [0.2, 0.25) is 0 Å². The number of carbonyl (C=O) groups excluding carboxylic acids is 1. The van der Waals surface area contributed by atoms with Gasteiger partial charge in [-0.25, -0.2) is 23.3 Å². The quantitative estimate of drug-likeness (QED) is 0.866. The lowest BCUT2D eigenvalue weighted by Gasteiger charge is -2.14. The van der Waals surface area contributed by atoms with Crippen molar-refractivity contribution >= 4 is 22.1 Å². The van der Waals surface area contributed by atoms with Gasteiger partial charge >= 0.3 is 16.3 Å². The van der Waals surface area contributed by atoms with Crippen LogP contribution in [0, 0.1) is 11.6 Å². The van der Waals surface area contributed by atoms with Gasteiger partial charge in [-0.1, -0.05) is 0 Å². The minimum Gasteiger partial charge on any atom is -0.456 e. The fourth-order valence-corrected chi connectivity index (χ4v) is 3.02. The number of amides is 1. The molecule has 1 amide bonds. The molecule has 1 saturated heterocycles. The van der Waals surface area contributed by atoms with Gasteiger partial charge in [0.25, 0.3) is 0 Å². The summed E-state index contributed by atoms with van der Waals surface area (Å²) >= 11 is 0. The van der Waals surface area contributed by atoms with Gasteiger partial charge < -0.3 is 9.47 Å². The highest BCUT2D eigenvalue weighted by Gasteiger charge is 2.33. The summed E-state index contributed by atoms with van der Waals surface area (Å²) in [5.74, 6) is -1.90. The number of halogens is 2. The van der Waals surface area contributed by atoms with E-state index in [9.17, 15) is 22.0 Å². The number of ether oxygens (including phenoxy) is 2. The van der Waals surface area contributed by atoms with E-state index in [2.05, 4.69) is 14.4 Å². The van der Waals surface area contributed by atoms with Crippen LogP contribution >= 0.6 is 0 Å². The largest absolute Gasteiger partial charge is 0.456 e. The molecule has 0 spiro atoms. The molecule has 0 aliphatic carbocycles. The minimum absolute atomic E-state index is 0.0197. The predicted octanol–water partition coefficient (Wildman–Crippen LogP) is 2.26. The van der Waals surface area contributed by atoms with Crippen LogP contribution in [-0.2, 0) is 14.9 Å². The fraction of sp³-hybridized carbons (Fsp3) is 0.143. The lowest BCUT2D eigenvalue weighted by Crippen LogP contribution is -2.36. The smallest absolute Gasteiger partial charge is 0.425 e. The summed E-state index contributed by atoms with van der Waals surface area (Å²) in [4.78, 5) is 15.1. The summed E-state index contributed by atoms with van der Waals surface area (Å²) in [6.07, 6.45) is 0.215. The molecule has 8 nitrogen and oxygen atoms in total. The van der Waals surface area contributed by atoms with Gasteiger partial charge in [0.1, 0.15) is 23.9 Å². The Hall–Kier alpha value is -2.95. The van der Waals surface area contributed by atoms with Crippen molar-refractivity contribution in [1.82, 2.24) is 9.29 Å². The first kappa shape index (κ1) is 16.9. The number of nitrogens with one attached hydrogen (secondary N) is 1. The van der Waals surface area contributed by atoms with Crippen molar-refractivity contribution in [2.75, 3.05) is 17.9 Å². The summed E-state index contributed by atoms with van der Waals surface area (Å²) in [5.41, 5.74) is 0. The van der Waals surface area contributed by atoms with Crippen LogP contribution in [0.15, 0.2) is 36.5 Å². The summed E-state index contributed by atoms with van der Waals surface area (Å²) in [5, 5.41) is 0. The number of hydrogen-bond donors (Lipinski definition) is 1. The van der Waals surface area contributed by atoms with Crippen LogP contribution in [0.3, 0.4) is 0 Å². The predicted molar refractivity (Wildman–Crippen MR) is 81.3 cm³/mol. The van der Waals surface area contributed by atoms with Crippen LogP contribution in [0.4, 0.5) is 19.4 Å². The number of carbonyl (C=O) groups is 1. The SMILES string of the molecule is O=C1OCCN1S(=O)(=O)Nc1ccc(Oc2ccc(F)c(F)c2)cn1. The molecule has 1 aromatic carbocycles.